The third-order valence-electron chi connectivity index (χ3n) is 5.10. The van der Waals surface area contributed by atoms with Gasteiger partial charge in [0.2, 0.25) is 0 Å². The molecule has 32 heavy (non-hydrogen) atoms. The minimum Gasteiger partial charge on any atom is -0.327 e. The van der Waals surface area contributed by atoms with Gasteiger partial charge in [0.15, 0.2) is 5.78 Å². The molecule has 0 radical (unpaired) electrons. The first-order chi connectivity index (χ1) is 15.3. The number of rotatable bonds is 5. The largest absolute Gasteiger partial charge is 0.327 e. The number of carbonyl (C=O) groups is 2. The minimum absolute atomic E-state index is 0.0726. The molecule has 4 rings (SSSR count). The lowest BCUT2D eigenvalue weighted by Gasteiger charge is -2.30. The summed E-state index contributed by atoms with van der Waals surface area (Å²) in [4.78, 5) is 38.6. The summed E-state index contributed by atoms with van der Waals surface area (Å²) >= 11 is 0. The topological polar surface area (TPSA) is 84.3 Å². The molecule has 9 heteroatoms. The SMILES string of the molecule is CN1C=C(C(=O)Cc2cc(-n3ncccc3=O)ccc2F)[C@H](c2ccc(F)cc2)NC1=O. The number of carbonyl (C=O) groups excluding carboxylic acids is 2. The number of benzene rings is 2. The number of halogens is 2. The number of ketones is 1. The van der Waals surface area contributed by atoms with Gasteiger partial charge in [0.25, 0.3) is 5.56 Å². The molecule has 162 valence electrons. The lowest BCUT2D eigenvalue weighted by molar-refractivity contribution is -0.115. The van der Waals surface area contributed by atoms with Gasteiger partial charge in [0.05, 0.1) is 11.7 Å². The lowest BCUT2D eigenvalue weighted by atomic mass is 9.91. The summed E-state index contributed by atoms with van der Waals surface area (Å²) in [6.45, 7) is 0. The van der Waals surface area contributed by atoms with Crippen LogP contribution in [0, 0.1) is 11.6 Å². The minimum atomic E-state index is -0.809. The predicted molar refractivity (Wildman–Crippen MR) is 112 cm³/mol. The van der Waals surface area contributed by atoms with Gasteiger partial charge in [-0.25, -0.2) is 13.6 Å². The maximum atomic E-state index is 14.5. The molecule has 2 aromatic carbocycles. The molecule has 1 aromatic heterocycles. The number of urea groups is 1. The molecule has 1 N–H and O–H groups in total. The highest BCUT2D eigenvalue weighted by molar-refractivity contribution is 6.00. The molecule has 2 amide bonds. The van der Waals surface area contributed by atoms with Crippen molar-refractivity contribution in [3.63, 3.8) is 0 Å². The Morgan fingerprint density at radius 3 is 2.56 bits per heavy atom. The second kappa shape index (κ2) is 8.54. The van der Waals surface area contributed by atoms with Crippen molar-refractivity contribution >= 4 is 11.8 Å². The van der Waals surface area contributed by atoms with Gasteiger partial charge in [-0.15, -0.1) is 0 Å². The fourth-order valence-corrected chi connectivity index (χ4v) is 3.45. The summed E-state index contributed by atoms with van der Waals surface area (Å²) in [6, 6.07) is 10.9. The molecule has 0 spiro atoms. The van der Waals surface area contributed by atoms with Crippen molar-refractivity contribution in [2.75, 3.05) is 7.05 Å². The molecule has 2 heterocycles. The summed E-state index contributed by atoms with van der Waals surface area (Å²) in [5, 5.41) is 6.67. The quantitative estimate of drug-likeness (QED) is 0.667. The number of nitrogens with zero attached hydrogens (tertiary/aromatic N) is 3. The van der Waals surface area contributed by atoms with E-state index >= 15 is 0 Å². The Labute approximate surface area is 181 Å². The smallest absolute Gasteiger partial charge is 0.321 e. The first kappa shape index (κ1) is 21.1. The van der Waals surface area contributed by atoms with Crippen molar-refractivity contribution in [3.05, 3.63) is 106 Å². The van der Waals surface area contributed by atoms with Crippen molar-refractivity contribution in [2.45, 2.75) is 12.5 Å². The molecule has 0 bridgehead atoms. The van der Waals surface area contributed by atoms with Gasteiger partial charge in [-0.3, -0.25) is 9.59 Å². The van der Waals surface area contributed by atoms with E-state index < -0.39 is 35.0 Å². The molecular formula is C23H18F2N4O3. The number of nitrogens with one attached hydrogen (secondary N) is 1. The number of hydrogen-bond donors (Lipinski definition) is 1. The first-order valence-electron chi connectivity index (χ1n) is 9.70. The van der Waals surface area contributed by atoms with Crippen molar-refractivity contribution in [2.24, 2.45) is 0 Å². The van der Waals surface area contributed by atoms with Gasteiger partial charge in [-0.05, 0) is 47.5 Å². The Kier molecular flexibility index (Phi) is 5.63. The van der Waals surface area contributed by atoms with Crippen LogP contribution >= 0.6 is 0 Å². The van der Waals surface area contributed by atoms with Crippen molar-refractivity contribution in [1.82, 2.24) is 20.0 Å². The summed E-state index contributed by atoms with van der Waals surface area (Å²) in [5.41, 5.74) is 0.730. The number of aromatic nitrogens is 2. The predicted octanol–water partition coefficient (Wildman–Crippen LogP) is 2.90. The summed E-state index contributed by atoms with van der Waals surface area (Å²) in [7, 11) is 1.48. The molecule has 1 aliphatic rings. The molecule has 0 saturated heterocycles. The summed E-state index contributed by atoms with van der Waals surface area (Å²) < 4.78 is 29.0. The van der Waals surface area contributed by atoms with Crippen LogP contribution in [0.1, 0.15) is 17.2 Å². The van der Waals surface area contributed by atoms with E-state index in [2.05, 4.69) is 10.4 Å². The standard InChI is InChI=1S/C23H18F2N4O3/c1-28-13-18(22(27-23(28)32)14-4-6-16(24)7-5-14)20(30)12-15-11-17(8-9-19(15)25)29-21(31)3-2-10-26-29/h2-11,13,22H,12H2,1H3,(H,27,32)/t22-/m0/s1. The van der Waals surface area contributed by atoms with Crippen LogP contribution in [-0.4, -0.2) is 33.5 Å². The molecule has 7 nitrogen and oxygen atoms in total. The van der Waals surface area contributed by atoms with E-state index in [1.165, 1.54) is 78.9 Å². The zero-order chi connectivity index (χ0) is 22.8. The zero-order valence-corrected chi connectivity index (χ0v) is 17.0. The Balaban J connectivity index is 1.67. The van der Waals surface area contributed by atoms with E-state index in [0.717, 1.165) is 4.68 Å². The average molecular weight is 436 g/mol. The van der Waals surface area contributed by atoms with Gasteiger partial charge in [-0.2, -0.15) is 9.78 Å². The summed E-state index contributed by atoms with van der Waals surface area (Å²) in [5.74, 6) is -1.50. The van der Waals surface area contributed by atoms with Crippen LogP contribution in [0.3, 0.4) is 0 Å². The zero-order valence-electron chi connectivity index (χ0n) is 17.0. The third-order valence-corrected chi connectivity index (χ3v) is 5.10. The molecule has 1 atom stereocenters. The van der Waals surface area contributed by atoms with Crippen LogP contribution in [0.15, 0.2) is 77.4 Å². The number of hydrogen-bond acceptors (Lipinski definition) is 4. The van der Waals surface area contributed by atoms with Gasteiger partial charge in [0, 0.05) is 37.5 Å². The highest BCUT2D eigenvalue weighted by atomic mass is 19.1. The Bertz CT molecular complexity index is 1280. The van der Waals surface area contributed by atoms with E-state index in [9.17, 15) is 23.2 Å². The number of Topliss-reactive ketones (excluding diaryl/α,β-unsaturated/α-hetero) is 1. The molecule has 0 fully saturated rings. The van der Waals surface area contributed by atoms with Crippen LogP contribution in [0.4, 0.5) is 13.6 Å². The monoisotopic (exact) mass is 436 g/mol. The third kappa shape index (κ3) is 4.18. The van der Waals surface area contributed by atoms with E-state index in [4.69, 9.17) is 0 Å². The van der Waals surface area contributed by atoms with Gasteiger partial charge in [0.1, 0.15) is 11.6 Å². The normalized spacial score (nSPS) is 15.8. The van der Waals surface area contributed by atoms with E-state index in [1.807, 2.05) is 0 Å². The van der Waals surface area contributed by atoms with E-state index in [1.54, 1.807) is 0 Å². The average Bonchev–Trinajstić information content (AvgIpc) is 2.78. The Morgan fingerprint density at radius 1 is 1.09 bits per heavy atom. The molecule has 0 saturated carbocycles. The first-order valence-corrected chi connectivity index (χ1v) is 9.70. The lowest BCUT2D eigenvalue weighted by Crippen LogP contribution is -2.43. The molecular weight excluding hydrogens is 418 g/mol. The fraction of sp³-hybridized carbons (Fsp3) is 0.130. The van der Waals surface area contributed by atoms with Crippen molar-refractivity contribution in [1.29, 1.82) is 0 Å². The van der Waals surface area contributed by atoms with E-state index in [-0.39, 0.29) is 17.6 Å². The highest BCUT2D eigenvalue weighted by Gasteiger charge is 2.30. The molecule has 0 unspecified atom stereocenters. The highest BCUT2D eigenvalue weighted by Crippen LogP contribution is 2.28. The van der Waals surface area contributed by atoms with Gasteiger partial charge in [-0.1, -0.05) is 12.1 Å². The molecule has 0 aliphatic carbocycles. The Hall–Kier alpha value is -4.14. The maximum Gasteiger partial charge on any atom is 0.321 e. The number of amides is 2. The van der Waals surface area contributed by atoms with Gasteiger partial charge < -0.3 is 10.2 Å². The van der Waals surface area contributed by atoms with Crippen LogP contribution in [-0.2, 0) is 11.2 Å². The summed E-state index contributed by atoms with van der Waals surface area (Å²) in [6.07, 6.45) is 2.50. The van der Waals surface area contributed by atoms with Crippen LogP contribution < -0.4 is 10.9 Å². The maximum absolute atomic E-state index is 14.5. The Morgan fingerprint density at radius 2 is 1.84 bits per heavy atom. The second-order valence-corrected chi connectivity index (χ2v) is 7.28. The molecule has 3 aromatic rings. The fourth-order valence-electron chi connectivity index (χ4n) is 3.45. The second-order valence-electron chi connectivity index (χ2n) is 7.28. The van der Waals surface area contributed by atoms with E-state index in [0.29, 0.717) is 11.3 Å². The van der Waals surface area contributed by atoms with Crippen molar-refractivity contribution < 1.29 is 18.4 Å². The molecule has 1 aliphatic heterocycles. The van der Waals surface area contributed by atoms with Crippen molar-refractivity contribution in [3.8, 4) is 5.69 Å². The van der Waals surface area contributed by atoms with Gasteiger partial charge >= 0.3 is 6.03 Å². The van der Waals surface area contributed by atoms with Crippen LogP contribution in [0.2, 0.25) is 0 Å². The van der Waals surface area contributed by atoms with Crippen LogP contribution in [0.5, 0.6) is 0 Å². The van der Waals surface area contributed by atoms with Crippen LogP contribution in [0.25, 0.3) is 5.69 Å².